The molecule has 6 heteroatoms. The average Bonchev–Trinajstić information content (AvgIpc) is 3.10. The molecule has 0 N–H and O–H groups in total. The fourth-order valence-electron chi connectivity index (χ4n) is 3.64. The number of anilines is 1. The lowest BCUT2D eigenvalue weighted by molar-refractivity contribution is 0.0746. The lowest BCUT2D eigenvalue weighted by Gasteiger charge is -2.36. The van der Waals surface area contributed by atoms with E-state index in [0.717, 1.165) is 42.9 Å². The second kappa shape index (κ2) is 7.02. The third-order valence-electron chi connectivity index (χ3n) is 5.17. The minimum Gasteiger partial charge on any atom is -0.368 e. The van der Waals surface area contributed by atoms with E-state index >= 15 is 0 Å². The number of para-hydroxylation sites is 1. The quantitative estimate of drug-likeness (QED) is 0.717. The van der Waals surface area contributed by atoms with Gasteiger partial charge in [-0.1, -0.05) is 18.2 Å². The van der Waals surface area contributed by atoms with Crippen molar-refractivity contribution in [3.8, 4) is 0 Å². The first-order chi connectivity index (χ1) is 13.0. The molecule has 0 aliphatic carbocycles. The number of aromatic nitrogens is 3. The maximum atomic E-state index is 13.1. The molecule has 1 aliphatic heterocycles. The Morgan fingerprint density at radius 1 is 1.07 bits per heavy atom. The zero-order valence-electron chi connectivity index (χ0n) is 16.1. The molecule has 0 atom stereocenters. The first-order valence-electron chi connectivity index (χ1n) is 9.48. The highest BCUT2D eigenvalue weighted by atomic mass is 16.2. The highest BCUT2D eigenvalue weighted by Crippen LogP contribution is 2.22. The van der Waals surface area contributed by atoms with Gasteiger partial charge in [-0.25, -0.2) is 9.67 Å². The van der Waals surface area contributed by atoms with Crippen LogP contribution >= 0.6 is 0 Å². The van der Waals surface area contributed by atoms with Gasteiger partial charge in [0.2, 0.25) is 0 Å². The van der Waals surface area contributed by atoms with Crippen LogP contribution < -0.4 is 4.90 Å². The number of fused-ring (bicyclic) bond motifs is 1. The Labute approximate surface area is 159 Å². The van der Waals surface area contributed by atoms with E-state index in [9.17, 15) is 4.79 Å². The van der Waals surface area contributed by atoms with Crippen molar-refractivity contribution in [2.75, 3.05) is 31.1 Å². The molecular weight excluding hydrogens is 338 g/mol. The van der Waals surface area contributed by atoms with Crippen LogP contribution in [0.2, 0.25) is 0 Å². The summed E-state index contributed by atoms with van der Waals surface area (Å²) in [6.45, 7) is 9.19. The summed E-state index contributed by atoms with van der Waals surface area (Å²) in [6, 6.07) is 12.5. The lowest BCUT2D eigenvalue weighted by atomic mass is 10.1. The molecule has 1 fully saturated rings. The van der Waals surface area contributed by atoms with Gasteiger partial charge in [-0.3, -0.25) is 4.79 Å². The van der Waals surface area contributed by atoms with Crippen LogP contribution in [-0.2, 0) is 0 Å². The standard InChI is InChI=1S/C21H25N5O/c1-15(2)26-20-17(14-22-26)13-19(16(3)23-20)21(27)25-11-9-24(10-12-25)18-7-5-4-6-8-18/h4-8,13-15H,9-12H2,1-3H3. The number of carbonyl (C=O) groups is 1. The normalized spacial score (nSPS) is 15.0. The smallest absolute Gasteiger partial charge is 0.255 e. The molecule has 0 bridgehead atoms. The number of benzene rings is 1. The molecule has 140 valence electrons. The van der Waals surface area contributed by atoms with Crippen molar-refractivity contribution >= 4 is 22.6 Å². The Morgan fingerprint density at radius 2 is 1.78 bits per heavy atom. The first-order valence-corrected chi connectivity index (χ1v) is 9.48. The van der Waals surface area contributed by atoms with Crippen LogP contribution in [0.15, 0.2) is 42.6 Å². The fourth-order valence-corrected chi connectivity index (χ4v) is 3.64. The van der Waals surface area contributed by atoms with Gasteiger partial charge in [0.15, 0.2) is 5.65 Å². The Bertz CT molecular complexity index is 955. The maximum Gasteiger partial charge on any atom is 0.255 e. The molecule has 0 saturated carbocycles. The molecule has 3 aromatic rings. The van der Waals surface area contributed by atoms with Gasteiger partial charge in [-0.2, -0.15) is 5.10 Å². The van der Waals surface area contributed by atoms with Crippen molar-refractivity contribution in [2.24, 2.45) is 0 Å². The number of hydrogen-bond acceptors (Lipinski definition) is 4. The number of aryl methyl sites for hydroxylation is 1. The highest BCUT2D eigenvalue weighted by Gasteiger charge is 2.24. The molecule has 1 aromatic carbocycles. The monoisotopic (exact) mass is 363 g/mol. The zero-order valence-corrected chi connectivity index (χ0v) is 16.1. The van der Waals surface area contributed by atoms with E-state index in [2.05, 4.69) is 53.1 Å². The number of piperazine rings is 1. The van der Waals surface area contributed by atoms with Gasteiger partial charge in [0, 0.05) is 43.3 Å². The highest BCUT2D eigenvalue weighted by molar-refractivity contribution is 5.98. The molecule has 3 heterocycles. The average molecular weight is 363 g/mol. The molecule has 1 amide bonds. The molecule has 0 spiro atoms. The van der Waals surface area contributed by atoms with E-state index in [1.165, 1.54) is 5.69 Å². The number of hydrogen-bond donors (Lipinski definition) is 0. The summed E-state index contributed by atoms with van der Waals surface area (Å²) in [7, 11) is 0. The molecule has 1 aliphatic rings. The summed E-state index contributed by atoms with van der Waals surface area (Å²) < 4.78 is 1.90. The van der Waals surface area contributed by atoms with Gasteiger partial charge in [0.05, 0.1) is 17.5 Å². The number of carbonyl (C=O) groups excluding carboxylic acids is 1. The third kappa shape index (κ3) is 3.27. The van der Waals surface area contributed by atoms with Crippen molar-refractivity contribution in [1.29, 1.82) is 0 Å². The fraction of sp³-hybridized carbons (Fsp3) is 0.381. The predicted octanol–water partition coefficient (Wildman–Crippen LogP) is 3.28. The Hall–Kier alpha value is -2.89. The zero-order chi connectivity index (χ0) is 19.0. The Morgan fingerprint density at radius 3 is 2.44 bits per heavy atom. The van der Waals surface area contributed by atoms with Gasteiger partial charge in [0.25, 0.3) is 5.91 Å². The summed E-state index contributed by atoms with van der Waals surface area (Å²) in [5, 5.41) is 5.33. The van der Waals surface area contributed by atoms with Gasteiger partial charge in [-0.05, 0) is 39.0 Å². The van der Waals surface area contributed by atoms with Gasteiger partial charge in [-0.15, -0.1) is 0 Å². The van der Waals surface area contributed by atoms with Gasteiger partial charge < -0.3 is 9.80 Å². The van der Waals surface area contributed by atoms with Crippen LogP contribution in [0.4, 0.5) is 5.69 Å². The molecule has 27 heavy (non-hydrogen) atoms. The van der Waals surface area contributed by atoms with Gasteiger partial charge >= 0.3 is 0 Å². The number of nitrogens with zero attached hydrogens (tertiary/aromatic N) is 5. The number of amides is 1. The summed E-state index contributed by atoms with van der Waals surface area (Å²) >= 11 is 0. The topological polar surface area (TPSA) is 54.3 Å². The summed E-state index contributed by atoms with van der Waals surface area (Å²) in [5.74, 6) is 0.0620. The van der Waals surface area contributed by atoms with E-state index in [-0.39, 0.29) is 11.9 Å². The predicted molar refractivity (Wildman–Crippen MR) is 107 cm³/mol. The maximum absolute atomic E-state index is 13.1. The van der Waals surface area contributed by atoms with E-state index in [1.807, 2.05) is 28.6 Å². The van der Waals surface area contributed by atoms with Crippen molar-refractivity contribution < 1.29 is 4.79 Å². The molecule has 0 unspecified atom stereocenters. The van der Waals surface area contributed by atoms with E-state index in [1.54, 1.807) is 6.20 Å². The summed E-state index contributed by atoms with van der Waals surface area (Å²) in [5.41, 5.74) is 3.50. The SMILES string of the molecule is Cc1nc2c(cnn2C(C)C)cc1C(=O)N1CCN(c2ccccc2)CC1. The van der Waals surface area contributed by atoms with Crippen LogP contribution in [-0.4, -0.2) is 51.8 Å². The van der Waals surface area contributed by atoms with Crippen molar-refractivity contribution in [2.45, 2.75) is 26.8 Å². The molecule has 6 nitrogen and oxygen atoms in total. The summed E-state index contributed by atoms with van der Waals surface area (Å²) in [4.78, 5) is 22.0. The van der Waals surface area contributed by atoms with E-state index in [0.29, 0.717) is 5.56 Å². The van der Waals surface area contributed by atoms with Crippen LogP contribution in [0.25, 0.3) is 11.0 Å². The minimum absolute atomic E-state index is 0.0620. The third-order valence-corrected chi connectivity index (χ3v) is 5.17. The van der Waals surface area contributed by atoms with Crippen LogP contribution in [0.3, 0.4) is 0 Å². The van der Waals surface area contributed by atoms with Crippen molar-refractivity contribution in [1.82, 2.24) is 19.7 Å². The Balaban J connectivity index is 1.52. The largest absolute Gasteiger partial charge is 0.368 e. The van der Waals surface area contributed by atoms with Crippen LogP contribution in [0.5, 0.6) is 0 Å². The Kier molecular flexibility index (Phi) is 4.56. The molecule has 1 saturated heterocycles. The lowest BCUT2D eigenvalue weighted by Crippen LogP contribution is -2.49. The van der Waals surface area contributed by atoms with Crippen LogP contribution in [0, 0.1) is 6.92 Å². The first kappa shape index (κ1) is 17.5. The van der Waals surface area contributed by atoms with Gasteiger partial charge in [0.1, 0.15) is 0 Å². The van der Waals surface area contributed by atoms with Crippen LogP contribution in [0.1, 0.15) is 35.9 Å². The molecule has 4 rings (SSSR count). The molecular formula is C21H25N5O. The summed E-state index contributed by atoms with van der Waals surface area (Å²) in [6.07, 6.45) is 1.80. The molecule has 2 aromatic heterocycles. The van der Waals surface area contributed by atoms with E-state index in [4.69, 9.17) is 0 Å². The molecule has 0 radical (unpaired) electrons. The second-order valence-electron chi connectivity index (χ2n) is 7.33. The van der Waals surface area contributed by atoms with Crippen molar-refractivity contribution in [3.63, 3.8) is 0 Å². The van der Waals surface area contributed by atoms with Crippen molar-refractivity contribution in [3.05, 3.63) is 53.9 Å². The number of rotatable bonds is 3. The second-order valence-corrected chi connectivity index (χ2v) is 7.33. The number of pyridine rings is 1. The van der Waals surface area contributed by atoms with E-state index < -0.39 is 0 Å². The minimum atomic E-state index is 0.0620.